The Hall–Kier alpha value is -1.01. The maximum atomic E-state index is 9.00. The fraction of sp³-hybridized carbons (Fsp3) is 0.750. The summed E-state index contributed by atoms with van der Waals surface area (Å²) in [6, 6.07) is 0. The van der Waals surface area contributed by atoms with E-state index in [1.807, 2.05) is 0 Å². The van der Waals surface area contributed by atoms with Crippen LogP contribution in [0.15, 0.2) is 0 Å². The Morgan fingerprint density at radius 1 is 1.40 bits per heavy atom. The zero-order chi connectivity index (χ0) is 8.28. The van der Waals surface area contributed by atoms with Crippen molar-refractivity contribution in [3.8, 4) is 0 Å². The smallest absolute Gasteiger partial charge is 0.300 e. The second-order valence-electron chi connectivity index (χ2n) is 0.835. The lowest BCUT2D eigenvalue weighted by Crippen LogP contribution is -1.78. The van der Waals surface area contributed by atoms with Crippen LogP contribution in [0.2, 0.25) is 0 Å². The SMILES string of the molecule is CC(=O)O.CCO.O.O=O. The number of carboxylic acid groups (broad SMARTS) is 1. The van der Waals surface area contributed by atoms with Crippen LogP contribution in [-0.2, 0) is 4.79 Å². The molecule has 10 heavy (non-hydrogen) atoms. The molecule has 64 valence electrons. The van der Waals surface area contributed by atoms with Crippen molar-refractivity contribution in [2.75, 3.05) is 6.61 Å². The summed E-state index contributed by atoms with van der Waals surface area (Å²) >= 11 is 0. The molecule has 0 unspecified atom stereocenters. The lowest BCUT2D eigenvalue weighted by Gasteiger charge is -1.59. The first kappa shape index (κ1) is 23.0. The molecule has 0 saturated carbocycles. The third-order valence-electron chi connectivity index (χ3n) is 0. The van der Waals surface area contributed by atoms with E-state index in [0.29, 0.717) is 0 Å². The average molecular weight is 156 g/mol. The number of hydrogen-bond acceptors (Lipinski definition) is 4. The quantitative estimate of drug-likeness (QED) is 0.481. The third-order valence-corrected chi connectivity index (χ3v) is 0. The van der Waals surface area contributed by atoms with Crippen LogP contribution in [0, 0.1) is 9.93 Å². The van der Waals surface area contributed by atoms with Crippen molar-refractivity contribution in [2.45, 2.75) is 13.8 Å². The minimum Gasteiger partial charge on any atom is -0.481 e. The van der Waals surface area contributed by atoms with Crippen LogP contribution in [0.5, 0.6) is 0 Å². The van der Waals surface area contributed by atoms with Gasteiger partial charge in [0.25, 0.3) is 5.97 Å². The fourth-order valence-corrected chi connectivity index (χ4v) is 0. The number of hydrogen-bond donors (Lipinski definition) is 2. The van der Waals surface area contributed by atoms with Gasteiger partial charge in [0.15, 0.2) is 0 Å². The Morgan fingerprint density at radius 2 is 1.40 bits per heavy atom. The largest absolute Gasteiger partial charge is 0.481 e. The van der Waals surface area contributed by atoms with Crippen molar-refractivity contribution >= 4 is 5.97 Å². The van der Waals surface area contributed by atoms with E-state index in [0.717, 1.165) is 6.92 Å². The van der Waals surface area contributed by atoms with Crippen LogP contribution in [-0.4, -0.2) is 28.3 Å². The highest BCUT2D eigenvalue weighted by Gasteiger charge is 1.65. The van der Waals surface area contributed by atoms with E-state index in [9.17, 15) is 0 Å². The van der Waals surface area contributed by atoms with Crippen molar-refractivity contribution in [3.63, 3.8) is 0 Å². The number of aliphatic carboxylic acids is 1. The zero-order valence-corrected chi connectivity index (χ0v) is 5.83. The van der Waals surface area contributed by atoms with E-state index in [1.165, 1.54) is 0 Å². The number of aliphatic hydroxyl groups is 1. The lowest BCUT2D eigenvalue weighted by molar-refractivity contribution is -0.134. The molecule has 0 heterocycles. The van der Waals surface area contributed by atoms with Gasteiger partial charge in [-0.1, -0.05) is 0 Å². The molecule has 0 aliphatic rings. The predicted octanol–water partition coefficient (Wildman–Crippen LogP) is -0.668. The van der Waals surface area contributed by atoms with Gasteiger partial charge in [0.2, 0.25) is 0 Å². The van der Waals surface area contributed by atoms with Crippen molar-refractivity contribution in [3.05, 3.63) is 9.93 Å². The van der Waals surface area contributed by atoms with Crippen LogP contribution in [0.1, 0.15) is 13.8 Å². The van der Waals surface area contributed by atoms with Gasteiger partial charge in [0, 0.05) is 23.5 Å². The molecule has 0 rings (SSSR count). The second-order valence-corrected chi connectivity index (χ2v) is 0.835. The second kappa shape index (κ2) is 43.7. The van der Waals surface area contributed by atoms with Gasteiger partial charge in [-0.2, -0.15) is 0 Å². The Morgan fingerprint density at radius 3 is 1.40 bits per heavy atom. The maximum absolute atomic E-state index is 9.00. The topological polar surface area (TPSA) is 123 Å². The van der Waals surface area contributed by atoms with Crippen molar-refractivity contribution in [1.82, 2.24) is 0 Å². The first-order valence-electron chi connectivity index (χ1n) is 2.12. The maximum Gasteiger partial charge on any atom is 0.300 e. The minimum absolute atomic E-state index is 0. The van der Waals surface area contributed by atoms with E-state index in [-0.39, 0.29) is 12.1 Å². The molecule has 0 bridgehead atoms. The molecular weight excluding hydrogens is 144 g/mol. The van der Waals surface area contributed by atoms with E-state index >= 15 is 0 Å². The van der Waals surface area contributed by atoms with E-state index in [4.69, 9.17) is 24.9 Å². The molecule has 0 radical (unpaired) electrons. The summed E-state index contributed by atoms with van der Waals surface area (Å²) in [5.74, 6) is -0.833. The van der Waals surface area contributed by atoms with Gasteiger partial charge >= 0.3 is 0 Å². The molecule has 0 spiro atoms. The first-order chi connectivity index (χ1) is 4.15. The number of carboxylic acids is 1. The Bertz CT molecular complexity index is 49.7. The van der Waals surface area contributed by atoms with Crippen LogP contribution in [0.25, 0.3) is 0 Å². The summed E-state index contributed by atoms with van der Waals surface area (Å²) in [6.07, 6.45) is 0. The van der Waals surface area contributed by atoms with Gasteiger partial charge in [-0.25, -0.2) is 0 Å². The summed E-state index contributed by atoms with van der Waals surface area (Å²) in [4.78, 5) is 23.0. The van der Waals surface area contributed by atoms with Gasteiger partial charge < -0.3 is 15.7 Å². The Balaban J connectivity index is -0.0000000273. The fourth-order valence-electron chi connectivity index (χ4n) is 0. The minimum atomic E-state index is -0.833. The van der Waals surface area contributed by atoms with E-state index < -0.39 is 5.97 Å². The molecule has 0 aromatic rings. The number of carbonyl (C=O) groups is 1. The monoisotopic (exact) mass is 156 g/mol. The molecule has 0 amide bonds. The lowest BCUT2D eigenvalue weighted by atomic mass is 10.9. The van der Waals surface area contributed by atoms with Crippen molar-refractivity contribution in [1.29, 1.82) is 0 Å². The summed E-state index contributed by atoms with van der Waals surface area (Å²) in [5.41, 5.74) is 0. The van der Waals surface area contributed by atoms with E-state index in [1.54, 1.807) is 6.92 Å². The highest BCUT2D eigenvalue weighted by atomic mass is 16.7. The molecule has 0 aromatic heterocycles. The highest BCUT2D eigenvalue weighted by molar-refractivity contribution is 5.62. The third kappa shape index (κ3) is 246. The zero-order valence-electron chi connectivity index (χ0n) is 5.83. The molecule has 0 aliphatic carbocycles. The van der Waals surface area contributed by atoms with Gasteiger partial charge in [0.05, 0.1) is 0 Å². The molecule has 0 fully saturated rings. The van der Waals surface area contributed by atoms with Crippen LogP contribution in [0.4, 0.5) is 0 Å². The molecule has 0 aliphatic heterocycles. The standard InChI is InChI=1S/C2H4O2.C2H6O.O2.H2O/c1-2(3)4;1-2-3;1-2;/h1H3,(H,3,4);3H,2H2,1H3;;1H2. The highest BCUT2D eigenvalue weighted by Crippen LogP contribution is 1.42. The molecule has 0 atom stereocenters. The van der Waals surface area contributed by atoms with Gasteiger partial charge in [-0.15, -0.1) is 0 Å². The van der Waals surface area contributed by atoms with Crippen molar-refractivity contribution < 1.29 is 20.5 Å². The van der Waals surface area contributed by atoms with Gasteiger partial charge in [0.1, 0.15) is 0 Å². The average Bonchev–Trinajstić information content (AvgIpc) is 1.71. The van der Waals surface area contributed by atoms with Crippen LogP contribution < -0.4 is 0 Å². The molecule has 0 saturated heterocycles. The normalized spacial score (nSPS) is 4.70. The summed E-state index contributed by atoms with van der Waals surface area (Å²) in [7, 11) is 0. The van der Waals surface area contributed by atoms with E-state index in [2.05, 4.69) is 0 Å². The summed E-state index contributed by atoms with van der Waals surface area (Å²) < 4.78 is 0. The summed E-state index contributed by atoms with van der Waals surface area (Å²) in [6.45, 7) is 3.01. The molecular formula is C4H12O6. The first-order valence-corrected chi connectivity index (χ1v) is 2.12. The molecule has 6 heteroatoms. The summed E-state index contributed by atoms with van der Waals surface area (Å²) in [5, 5.41) is 15.0. The van der Waals surface area contributed by atoms with Crippen LogP contribution in [0.3, 0.4) is 0 Å². The molecule has 6 nitrogen and oxygen atoms in total. The number of aliphatic hydroxyl groups excluding tert-OH is 1. The van der Waals surface area contributed by atoms with Crippen molar-refractivity contribution in [2.24, 2.45) is 0 Å². The van der Waals surface area contributed by atoms with Crippen LogP contribution >= 0.6 is 0 Å². The molecule has 4 N–H and O–H groups in total. The number of rotatable bonds is 0. The predicted molar refractivity (Wildman–Crippen MR) is 36.4 cm³/mol. The Kier molecular flexibility index (Phi) is 101. The Labute approximate surface area is 58.0 Å². The molecule has 0 aromatic carbocycles. The van der Waals surface area contributed by atoms with Gasteiger partial charge in [-0.3, -0.25) is 4.79 Å². The van der Waals surface area contributed by atoms with Gasteiger partial charge in [-0.05, 0) is 6.92 Å².